The summed E-state index contributed by atoms with van der Waals surface area (Å²) in [5.74, 6) is 1.61. The number of ether oxygens (including phenoxy) is 1. The normalized spacial score (nSPS) is 10.5. The number of carbonyl (C=O) groups is 1. The molecule has 6 heteroatoms. The third-order valence-corrected chi connectivity index (χ3v) is 4.08. The molecule has 0 fully saturated rings. The van der Waals surface area contributed by atoms with Gasteiger partial charge in [-0.2, -0.15) is 0 Å². The average molecular weight is 351 g/mol. The minimum absolute atomic E-state index is 0.0773. The standard InChI is InChI=1S/C20H21N3O3/c1-14-7-3-5-9-16(14)20-23-22-19(26-20)12-11-18(24)21-13-15-8-4-6-10-17(15)25-2/h3-10H,11-13H2,1-2H3,(H,21,24). The molecule has 3 rings (SSSR count). The van der Waals surface area contributed by atoms with Crippen molar-refractivity contribution in [1.29, 1.82) is 0 Å². The molecule has 1 N–H and O–H groups in total. The summed E-state index contributed by atoms with van der Waals surface area (Å²) in [7, 11) is 1.61. The van der Waals surface area contributed by atoms with Gasteiger partial charge < -0.3 is 14.5 Å². The number of amides is 1. The van der Waals surface area contributed by atoms with Crippen molar-refractivity contribution >= 4 is 5.91 Å². The highest BCUT2D eigenvalue weighted by atomic mass is 16.5. The molecule has 6 nitrogen and oxygen atoms in total. The number of carbonyl (C=O) groups excluding carboxylic acids is 1. The zero-order chi connectivity index (χ0) is 18.4. The fourth-order valence-corrected chi connectivity index (χ4v) is 2.63. The van der Waals surface area contributed by atoms with E-state index in [9.17, 15) is 4.79 Å². The van der Waals surface area contributed by atoms with E-state index >= 15 is 0 Å². The molecule has 0 aliphatic rings. The van der Waals surface area contributed by atoms with Crippen molar-refractivity contribution < 1.29 is 13.9 Å². The first-order chi connectivity index (χ1) is 12.7. The van der Waals surface area contributed by atoms with Crippen LogP contribution in [0.15, 0.2) is 52.9 Å². The average Bonchev–Trinajstić information content (AvgIpc) is 3.14. The molecule has 26 heavy (non-hydrogen) atoms. The molecule has 0 aliphatic heterocycles. The van der Waals surface area contributed by atoms with E-state index < -0.39 is 0 Å². The van der Waals surface area contributed by atoms with Crippen LogP contribution in [0.1, 0.15) is 23.4 Å². The first kappa shape index (κ1) is 17.7. The van der Waals surface area contributed by atoms with Crippen LogP contribution < -0.4 is 10.1 Å². The molecule has 0 aliphatic carbocycles. The summed E-state index contributed by atoms with van der Waals surface area (Å²) >= 11 is 0. The van der Waals surface area contributed by atoms with Gasteiger partial charge in [0.05, 0.1) is 7.11 Å². The van der Waals surface area contributed by atoms with Crippen LogP contribution in [0.25, 0.3) is 11.5 Å². The number of aromatic nitrogens is 2. The maximum Gasteiger partial charge on any atom is 0.247 e. The number of aryl methyl sites for hydroxylation is 2. The molecule has 0 atom stereocenters. The molecule has 1 heterocycles. The van der Waals surface area contributed by atoms with Crippen LogP contribution in [0, 0.1) is 6.92 Å². The van der Waals surface area contributed by atoms with Gasteiger partial charge in [0.2, 0.25) is 17.7 Å². The van der Waals surface area contributed by atoms with Gasteiger partial charge in [-0.15, -0.1) is 10.2 Å². The van der Waals surface area contributed by atoms with Gasteiger partial charge in [-0.25, -0.2) is 0 Å². The van der Waals surface area contributed by atoms with Crippen LogP contribution in [0.5, 0.6) is 5.75 Å². The quantitative estimate of drug-likeness (QED) is 0.707. The van der Waals surface area contributed by atoms with Gasteiger partial charge in [0.25, 0.3) is 0 Å². The van der Waals surface area contributed by atoms with E-state index in [1.165, 1.54) is 0 Å². The van der Waals surface area contributed by atoms with Crippen molar-refractivity contribution in [3.63, 3.8) is 0 Å². The maximum atomic E-state index is 12.1. The molecule has 0 unspecified atom stereocenters. The Hall–Kier alpha value is -3.15. The number of para-hydroxylation sites is 1. The summed E-state index contributed by atoms with van der Waals surface area (Å²) in [6.07, 6.45) is 0.682. The van der Waals surface area contributed by atoms with E-state index in [1.807, 2.05) is 55.5 Å². The summed E-state index contributed by atoms with van der Waals surface area (Å²) in [6.45, 7) is 2.41. The highest BCUT2D eigenvalue weighted by Gasteiger charge is 2.12. The second kappa shape index (κ2) is 8.29. The van der Waals surface area contributed by atoms with E-state index in [0.717, 1.165) is 22.4 Å². The highest BCUT2D eigenvalue weighted by molar-refractivity contribution is 5.76. The molecule has 0 spiro atoms. The Bertz CT molecular complexity index is 889. The van der Waals surface area contributed by atoms with Crippen LogP contribution in [0.3, 0.4) is 0 Å². The number of methoxy groups -OCH3 is 1. The van der Waals surface area contributed by atoms with Gasteiger partial charge >= 0.3 is 0 Å². The Labute approximate surface area is 152 Å². The molecule has 0 radical (unpaired) electrons. The lowest BCUT2D eigenvalue weighted by Gasteiger charge is -2.09. The third kappa shape index (κ3) is 4.27. The lowest BCUT2D eigenvalue weighted by Crippen LogP contribution is -2.23. The number of nitrogens with zero attached hydrogens (tertiary/aromatic N) is 2. The van der Waals surface area contributed by atoms with E-state index in [4.69, 9.17) is 9.15 Å². The second-order valence-corrected chi connectivity index (χ2v) is 5.90. The molecular formula is C20H21N3O3. The molecule has 1 amide bonds. The summed E-state index contributed by atoms with van der Waals surface area (Å²) in [4.78, 5) is 12.1. The molecule has 1 aromatic heterocycles. The van der Waals surface area contributed by atoms with Crippen LogP contribution in [0.4, 0.5) is 0 Å². The van der Waals surface area contributed by atoms with Gasteiger partial charge in [0.1, 0.15) is 5.75 Å². The minimum Gasteiger partial charge on any atom is -0.496 e. The molecule has 0 bridgehead atoms. The molecule has 3 aromatic rings. The van der Waals surface area contributed by atoms with E-state index in [2.05, 4.69) is 15.5 Å². The lowest BCUT2D eigenvalue weighted by molar-refractivity contribution is -0.121. The smallest absolute Gasteiger partial charge is 0.247 e. The summed E-state index contributed by atoms with van der Waals surface area (Å²) < 4.78 is 11.0. The Morgan fingerprint density at radius 3 is 2.69 bits per heavy atom. The third-order valence-electron chi connectivity index (χ3n) is 4.08. The summed E-state index contributed by atoms with van der Waals surface area (Å²) in [6, 6.07) is 15.4. The largest absolute Gasteiger partial charge is 0.496 e. The first-order valence-corrected chi connectivity index (χ1v) is 8.44. The molecule has 2 aromatic carbocycles. The van der Waals surface area contributed by atoms with Gasteiger partial charge in [-0.3, -0.25) is 4.79 Å². The van der Waals surface area contributed by atoms with Crippen molar-refractivity contribution in [2.75, 3.05) is 7.11 Å². The first-order valence-electron chi connectivity index (χ1n) is 8.44. The zero-order valence-electron chi connectivity index (χ0n) is 14.9. The second-order valence-electron chi connectivity index (χ2n) is 5.90. The topological polar surface area (TPSA) is 77.2 Å². The van der Waals surface area contributed by atoms with Gasteiger partial charge in [0.15, 0.2) is 0 Å². The van der Waals surface area contributed by atoms with Crippen LogP contribution in [-0.4, -0.2) is 23.2 Å². The van der Waals surface area contributed by atoms with Gasteiger partial charge in [-0.05, 0) is 24.6 Å². The zero-order valence-corrected chi connectivity index (χ0v) is 14.9. The number of hydrogen-bond donors (Lipinski definition) is 1. The molecular weight excluding hydrogens is 330 g/mol. The minimum atomic E-state index is -0.0773. The Kier molecular flexibility index (Phi) is 5.63. The predicted molar refractivity (Wildman–Crippen MR) is 97.6 cm³/mol. The van der Waals surface area contributed by atoms with Gasteiger partial charge in [0, 0.05) is 30.5 Å². The number of benzene rings is 2. The molecule has 0 saturated carbocycles. The fourth-order valence-electron chi connectivity index (χ4n) is 2.63. The van der Waals surface area contributed by atoms with Crippen molar-refractivity contribution in [2.45, 2.75) is 26.3 Å². The Morgan fingerprint density at radius 1 is 1.12 bits per heavy atom. The van der Waals surface area contributed by atoms with Crippen LogP contribution in [0.2, 0.25) is 0 Å². The van der Waals surface area contributed by atoms with Gasteiger partial charge in [-0.1, -0.05) is 36.4 Å². The van der Waals surface area contributed by atoms with E-state index in [-0.39, 0.29) is 12.3 Å². The Balaban J connectivity index is 1.53. The molecule has 0 saturated heterocycles. The predicted octanol–water partition coefficient (Wildman–Crippen LogP) is 3.30. The fraction of sp³-hybridized carbons (Fsp3) is 0.250. The number of nitrogens with one attached hydrogen (secondary N) is 1. The van der Waals surface area contributed by atoms with Crippen LogP contribution >= 0.6 is 0 Å². The van der Waals surface area contributed by atoms with Crippen molar-refractivity contribution in [3.05, 3.63) is 65.5 Å². The summed E-state index contributed by atoms with van der Waals surface area (Å²) in [5.41, 5.74) is 2.91. The van der Waals surface area contributed by atoms with Crippen LogP contribution in [-0.2, 0) is 17.8 Å². The van der Waals surface area contributed by atoms with Crippen molar-refractivity contribution in [3.8, 4) is 17.2 Å². The summed E-state index contributed by atoms with van der Waals surface area (Å²) in [5, 5.41) is 11.0. The Morgan fingerprint density at radius 2 is 1.88 bits per heavy atom. The lowest BCUT2D eigenvalue weighted by atomic mass is 10.1. The highest BCUT2D eigenvalue weighted by Crippen LogP contribution is 2.22. The number of rotatable bonds is 7. The van der Waals surface area contributed by atoms with E-state index in [1.54, 1.807) is 7.11 Å². The maximum absolute atomic E-state index is 12.1. The number of hydrogen-bond acceptors (Lipinski definition) is 5. The van der Waals surface area contributed by atoms with Crippen molar-refractivity contribution in [2.24, 2.45) is 0 Å². The molecule has 134 valence electrons. The van der Waals surface area contributed by atoms with E-state index in [0.29, 0.717) is 24.7 Å². The SMILES string of the molecule is COc1ccccc1CNC(=O)CCc1nnc(-c2ccccc2C)o1. The van der Waals surface area contributed by atoms with Crippen molar-refractivity contribution in [1.82, 2.24) is 15.5 Å². The monoisotopic (exact) mass is 351 g/mol.